The fraction of sp³-hybridized carbons (Fsp3) is 0.421. The lowest BCUT2D eigenvalue weighted by Gasteiger charge is -2.16. The third kappa shape index (κ3) is 5.83. The molecule has 0 aliphatic rings. The minimum absolute atomic E-state index is 0.393. The van der Waals surface area contributed by atoms with Gasteiger partial charge < -0.3 is 14.2 Å². The Bertz CT molecular complexity index is 784. The molecular formula is C19H27N5OSi. The first-order valence-electron chi connectivity index (χ1n) is 8.65. The number of pyridine rings is 1. The van der Waals surface area contributed by atoms with Gasteiger partial charge in [0.05, 0.1) is 5.57 Å². The molecule has 0 amide bonds. The molecule has 0 saturated carbocycles. The predicted octanol–water partition coefficient (Wildman–Crippen LogP) is 3.68. The van der Waals surface area contributed by atoms with Crippen LogP contribution in [0.25, 0.3) is 17.1 Å². The van der Waals surface area contributed by atoms with E-state index in [-0.39, 0.29) is 0 Å². The van der Waals surface area contributed by atoms with Gasteiger partial charge in [0.1, 0.15) is 24.2 Å². The van der Waals surface area contributed by atoms with Crippen molar-refractivity contribution in [2.24, 2.45) is 0 Å². The quantitative estimate of drug-likeness (QED) is 0.403. The molecule has 26 heavy (non-hydrogen) atoms. The lowest BCUT2D eigenvalue weighted by molar-refractivity contribution is 0.0882. The maximum Gasteiger partial charge on any atom is 0.161 e. The molecule has 0 aliphatic heterocycles. The highest BCUT2D eigenvalue weighted by molar-refractivity contribution is 6.76. The van der Waals surface area contributed by atoms with E-state index in [1.54, 1.807) is 12.4 Å². The molecule has 2 aromatic rings. The zero-order valence-corrected chi connectivity index (χ0v) is 17.2. The number of allylic oxidation sites excluding steroid dienone is 1. The van der Waals surface area contributed by atoms with Crippen molar-refractivity contribution >= 4 is 13.6 Å². The third-order valence-corrected chi connectivity index (χ3v) is 5.39. The first kappa shape index (κ1) is 19.9. The Morgan fingerprint density at radius 2 is 2.12 bits per heavy atom. The summed E-state index contributed by atoms with van der Waals surface area (Å²) in [6.07, 6.45) is 5.36. The Kier molecular flexibility index (Phi) is 6.72. The van der Waals surface area contributed by atoms with Crippen LogP contribution in [0.2, 0.25) is 25.7 Å². The molecule has 0 fully saturated rings. The second-order valence-corrected chi connectivity index (χ2v) is 13.2. The number of imidazole rings is 1. The van der Waals surface area contributed by atoms with Crippen molar-refractivity contribution in [2.75, 3.05) is 20.7 Å². The highest BCUT2D eigenvalue weighted by Crippen LogP contribution is 2.21. The number of hydrogen-bond acceptors (Lipinski definition) is 5. The Balaban J connectivity index is 2.28. The van der Waals surface area contributed by atoms with E-state index < -0.39 is 8.07 Å². The molecule has 0 aliphatic carbocycles. The van der Waals surface area contributed by atoms with Crippen molar-refractivity contribution in [3.63, 3.8) is 0 Å². The van der Waals surface area contributed by atoms with E-state index in [9.17, 15) is 5.26 Å². The van der Waals surface area contributed by atoms with E-state index in [1.807, 2.05) is 48.0 Å². The molecule has 0 N–H and O–H groups in total. The Labute approximate surface area is 156 Å². The van der Waals surface area contributed by atoms with Crippen molar-refractivity contribution in [1.82, 2.24) is 19.4 Å². The van der Waals surface area contributed by atoms with Crippen LogP contribution in [0, 0.1) is 11.3 Å². The molecule has 0 aromatic carbocycles. The van der Waals surface area contributed by atoms with Crippen molar-refractivity contribution < 1.29 is 4.74 Å². The van der Waals surface area contributed by atoms with Crippen LogP contribution in [0.4, 0.5) is 0 Å². The predicted molar refractivity (Wildman–Crippen MR) is 107 cm³/mol. The second-order valence-electron chi connectivity index (χ2n) is 7.60. The summed E-state index contributed by atoms with van der Waals surface area (Å²) >= 11 is 0. The number of ether oxygens (including phenoxy) is 1. The van der Waals surface area contributed by atoms with Gasteiger partial charge in [-0.1, -0.05) is 25.7 Å². The van der Waals surface area contributed by atoms with Crippen LogP contribution < -0.4 is 0 Å². The van der Waals surface area contributed by atoms with E-state index in [0.29, 0.717) is 23.8 Å². The number of nitrogens with zero attached hydrogens (tertiary/aromatic N) is 5. The maximum atomic E-state index is 9.47. The lowest BCUT2D eigenvalue weighted by atomic mass is 10.2. The summed E-state index contributed by atoms with van der Waals surface area (Å²) in [4.78, 5) is 10.9. The van der Waals surface area contributed by atoms with Crippen LogP contribution in [-0.4, -0.2) is 48.2 Å². The topological polar surface area (TPSA) is 67.0 Å². The van der Waals surface area contributed by atoms with Gasteiger partial charge >= 0.3 is 0 Å². The van der Waals surface area contributed by atoms with Gasteiger partial charge in [0.2, 0.25) is 0 Å². The summed E-state index contributed by atoms with van der Waals surface area (Å²) in [6.45, 7) is 8.11. The van der Waals surface area contributed by atoms with Gasteiger partial charge in [0, 0.05) is 47.4 Å². The fourth-order valence-corrected chi connectivity index (χ4v) is 3.05. The molecule has 0 bridgehead atoms. The summed E-state index contributed by atoms with van der Waals surface area (Å²) in [5.74, 6) is 0.702. The van der Waals surface area contributed by atoms with Crippen LogP contribution in [0.1, 0.15) is 5.69 Å². The van der Waals surface area contributed by atoms with Gasteiger partial charge in [0.25, 0.3) is 0 Å². The Morgan fingerprint density at radius 3 is 2.69 bits per heavy atom. The van der Waals surface area contributed by atoms with Gasteiger partial charge in [-0.25, -0.2) is 4.98 Å². The summed E-state index contributed by atoms with van der Waals surface area (Å²) in [6, 6.07) is 9.03. The highest BCUT2D eigenvalue weighted by atomic mass is 28.3. The van der Waals surface area contributed by atoms with Gasteiger partial charge in [0.15, 0.2) is 5.82 Å². The van der Waals surface area contributed by atoms with E-state index in [0.717, 1.165) is 18.3 Å². The standard InChI is InChI=1S/C19H27N5OSi/c1-23(2)13-16(12-20)18-14-24(15-25-10-11-26(3,4)5)19(22-18)17-8-6-7-9-21-17/h6-9,13-14H,10-11,15H2,1-5H3/b16-13-. The van der Waals surface area contributed by atoms with Gasteiger partial charge in [-0.15, -0.1) is 0 Å². The van der Waals surface area contributed by atoms with Crippen molar-refractivity contribution in [3.8, 4) is 17.6 Å². The first-order valence-corrected chi connectivity index (χ1v) is 12.4. The van der Waals surface area contributed by atoms with Crippen LogP contribution in [0.5, 0.6) is 0 Å². The molecule has 0 atom stereocenters. The van der Waals surface area contributed by atoms with Gasteiger partial charge in [-0.05, 0) is 18.2 Å². The van der Waals surface area contributed by atoms with Crippen molar-refractivity contribution in [2.45, 2.75) is 32.4 Å². The average molecular weight is 370 g/mol. The van der Waals surface area contributed by atoms with Crippen LogP contribution >= 0.6 is 0 Å². The molecular weight excluding hydrogens is 342 g/mol. The van der Waals surface area contributed by atoms with Crippen molar-refractivity contribution in [3.05, 3.63) is 42.5 Å². The summed E-state index contributed by atoms with van der Waals surface area (Å²) in [5.41, 5.74) is 1.89. The van der Waals surface area contributed by atoms with Crippen LogP contribution in [0.15, 0.2) is 36.8 Å². The van der Waals surface area contributed by atoms with Crippen LogP contribution in [-0.2, 0) is 11.5 Å². The molecule has 0 unspecified atom stereocenters. The number of nitriles is 1. The maximum absolute atomic E-state index is 9.47. The lowest BCUT2D eigenvalue weighted by Crippen LogP contribution is -2.22. The summed E-state index contributed by atoms with van der Waals surface area (Å²) in [5, 5.41) is 9.47. The smallest absolute Gasteiger partial charge is 0.161 e. The molecule has 0 spiro atoms. The van der Waals surface area contributed by atoms with Gasteiger partial charge in [-0.2, -0.15) is 5.26 Å². The average Bonchev–Trinajstić information content (AvgIpc) is 3.00. The first-order chi connectivity index (χ1) is 12.3. The Hall–Kier alpha value is -2.43. The zero-order chi connectivity index (χ0) is 19.2. The monoisotopic (exact) mass is 369 g/mol. The second kappa shape index (κ2) is 8.78. The van der Waals surface area contributed by atoms with Gasteiger partial charge in [-0.3, -0.25) is 4.98 Å². The molecule has 7 heteroatoms. The molecule has 0 saturated heterocycles. The fourth-order valence-electron chi connectivity index (χ4n) is 2.30. The normalized spacial score (nSPS) is 12.1. The molecule has 2 heterocycles. The number of rotatable bonds is 8. The van der Waals surface area contributed by atoms with E-state index in [4.69, 9.17) is 4.74 Å². The number of hydrogen-bond donors (Lipinski definition) is 0. The summed E-state index contributed by atoms with van der Waals surface area (Å²) < 4.78 is 7.80. The number of aromatic nitrogens is 3. The SMILES string of the molecule is CN(C)/C=C(/C#N)c1cn(COCC[Si](C)(C)C)c(-c2ccccn2)n1. The molecule has 2 rings (SSSR count). The minimum Gasteiger partial charge on any atom is -0.382 e. The third-order valence-electron chi connectivity index (χ3n) is 3.68. The molecule has 6 nitrogen and oxygen atoms in total. The van der Waals surface area contributed by atoms with E-state index in [1.165, 1.54) is 0 Å². The highest BCUT2D eigenvalue weighted by Gasteiger charge is 2.16. The van der Waals surface area contributed by atoms with E-state index in [2.05, 4.69) is 35.7 Å². The molecule has 2 aromatic heterocycles. The zero-order valence-electron chi connectivity index (χ0n) is 16.2. The van der Waals surface area contributed by atoms with E-state index >= 15 is 0 Å². The molecule has 0 radical (unpaired) electrons. The molecule has 138 valence electrons. The summed E-state index contributed by atoms with van der Waals surface area (Å²) in [7, 11) is 2.64. The minimum atomic E-state index is -1.13. The largest absolute Gasteiger partial charge is 0.382 e. The van der Waals surface area contributed by atoms with Crippen molar-refractivity contribution in [1.29, 1.82) is 5.26 Å². The van der Waals surface area contributed by atoms with Crippen LogP contribution in [0.3, 0.4) is 0 Å². The Morgan fingerprint density at radius 1 is 1.35 bits per heavy atom.